The van der Waals surface area contributed by atoms with Gasteiger partial charge in [0, 0.05) is 18.0 Å². The molecule has 0 bridgehead atoms. The molecule has 0 saturated carbocycles. The third kappa shape index (κ3) is 1.86. The molecule has 3 heteroatoms. The highest BCUT2D eigenvalue weighted by Crippen LogP contribution is 2.25. The summed E-state index contributed by atoms with van der Waals surface area (Å²) in [4.78, 5) is 9.95. The topological polar surface area (TPSA) is 34.5 Å². The van der Waals surface area contributed by atoms with E-state index in [9.17, 15) is 0 Å². The Morgan fingerprint density at radius 3 is 2.83 bits per heavy atom. The minimum Gasteiger partial charge on any atom is -0.392 e. The van der Waals surface area contributed by atoms with Crippen LogP contribution in [0.2, 0.25) is 0 Å². The molecule has 0 N–H and O–H groups in total. The van der Waals surface area contributed by atoms with Crippen molar-refractivity contribution < 1.29 is 4.84 Å². The van der Waals surface area contributed by atoms with Crippen molar-refractivity contribution in [1.29, 1.82) is 0 Å². The average molecular weight is 240 g/mol. The van der Waals surface area contributed by atoms with Gasteiger partial charge in [0.1, 0.15) is 11.8 Å². The molecule has 0 amide bonds. The number of oxime groups is 1. The van der Waals surface area contributed by atoms with Crippen molar-refractivity contribution >= 4 is 16.5 Å². The van der Waals surface area contributed by atoms with Crippen LogP contribution >= 0.6 is 0 Å². The van der Waals surface area contributed by atoms with E-state index in [-0.39, 0.29) is 6.10 Å². The van der Waals surface area contributed by atoms with Crippen LogP contribution in [0.1, 0.15) is 26.0 Å². The first kappa shape index (κ1) is 11.2. The molecule has 0 unspecified atom stereocenters. The fraction of sp³-hybridized carbons (Fsp3) is 0.333. The van der Waals surface area contributed by atoms with Gasteiger partial charge in [0.25, 0.3) is 0 Å². The van der Waals surface area contributed by atoms with Gasteiger partial charge in [-0.3, -0.25) is 4.98 Å². The first-order chi connectivity index (χ1) is 8.75. The Bertz CT molecular complexity index is 599. The van der Waals surface area contributed by atoms with E-state index in [4.69, 9.17) is 4.84 Å². The van der Waals surface area contributed by atoms with Gasteiger partial charge in [-0.2, -0.15) is 0 Å². The molecular weight excluding hydrogens is 224 g/mol. The summed E-state index contributed by atoms with van der Waals surface area (Å²) in [6.45, 7) is 4.30. The van der Waals surface area contributed by atoms with Gasteiger partial charge in [0.15, 0.2) is 0 Å². The maximum atomic E-state index is 5.48. The highest BCUT2D eigenvalue weighted by Gasteiger charge is 2.26. The summed E-state index contributed by atoms with van der Waals surface area (Å²) < 4.78 is 0. The zero-order valence-electron chi connectivity index (χ0n) is 10.6. The molecule has 1 atom stereocenters. The minimum atomic E-state index is 0.181. The van der Waals surface area contributed by atoms with Gasteiger partial charge in [0.2, 0.25) is 0 Å². The van der Waals surface area contributed by atoms with E-state index < -0.39 is 0 Å². The Balaban J connectivity index is 2.01. The third-order valence-electron chi connectivity index (χ3n) is 3.38. The van der Waals surface area contributed by atoms with Crippen LogP contribution in [-0.2, 0) is 4.84 Å². The van der Waals surface area contributed by atoms with Crippen LogP contribution in [0.25, 0.3) is 10.8 Å². The summed E-state index contributed by atoms with van der Waals surface area (Å²) in [5, 5.41) is 6.55. The van der Waals surface area contributed by atoms with Gasteiger partial charge in [-0.05, 0) is 17.4 Å². The molecule has 2 aromatic rings. The van der Waals surface area contributed by atoms with Crippen LogP contribution in [0.3, 0.4) is 0 Å². The molecule has 2 heterocycles. The van der Waals surface area contributed by atoms with Crippen molar-refractivity contribution in [2.75, 3.05) is 0 Å². The Morgan fingerprint density at radius 1 is 1.22 bits per heavy atom. The second-order valence-corrected chi connectivity index (χ2v) is 5.01. The monoisotopic (exact) mass is 240 g/mol. The average Bonchev–Trinajstić information content (AvgIpc) is 2.87. The summed E-state index contributed by atoms with van der Waals surface area (Å²) in [6.07, 6.45) is 2.86. The van der Waals surface area contributed by atoms with Gasteiger partial charge in [0.05, 0.1) is 5.69 Å². The van der Waals surface area contributed by atoms with E-state index in [1.165, 1.54) is 5.39 Å². The molecule has 3 rings (SSSR count). The third-order valence-corrected chi connectivity index (χ3v) is 3.38. The fourth-order valence-electron chi connectivity index (χ4n) is 2.24. The van der Waals surface area contributed by atoms with Crippen LogP contribution in [0, 0.1) is 5.92 Å². The number of hydrogen-bond donors (Lipinski definition) is 0. The van der Waals surface area contributed by atoms with E-state index in [2.05, 4.69) is 36.1 Å². The number of pyridine rings is 1. The molecule has 3 nitrogen and oxygen atoms in total. The number of benzene rings is 1. The van der Waals surface area contributed by atoms with E-state index in [1.54, 1.807) is 0 Å². The van der Waals surface area contributed by atoms with Crippen LogP contribution in [0.15, 0.2) is 41.7 Å². The molecule has 1 aliphatic rings. The Hall–Kier alpha value is -1.90. The SMILES string of the molecule is CC(C)[C@H]1CC(c2nccc3ccccc23)=NO1. The lowest BCUT2D eigenvalue weighted by Gasteiger charge is -2.11. The van der Waals surface area contributed by atoms with Crippen LogP contribution in [0.4, 0.5) is 0 Å². The largest absolute Gasteiger partial charge is 0.392 e. The summed E-state index contributed by atoms with van der Waals surface area (Å²) in [7, 11) is 0. The van der Waals surface area contributed by atoms with Crippen molar-refractivity contribution in [2.24, 2.45) is 11.1 Å². The minimum absolute atomic E-state index is 0.181. The predicted molar refractivity (Wildman–Crippen MR) is 72.6 cm³/mol. The van der Waals surface area contributed by atoms with Crippen molar-refractivity contribution in [3.05, 3.63) is 42.2 Å². The number of fused-ring (bicyclic) bond motifs is 1. The van der Waals surface area contributed by atoms with Crippen LogP contribution < -0.4 is 0 Å². The van der Waals surface area contributed by atoms with E-state index in [0.29, 0.717) is 5.92 Å². The smallest absolute Gasteiger partial charge is 0.135 e. The lowest BCUT2D eigenvalue weighted by Crippen LogP contribution is -2.15. The van der Waals surface area contributed by atoms with E-state index >= 15 is 0 Å². The van der Waals surface area contributed by atoms with Crippen molar-refractivity contribution in [2.45, 2.75) is 26.4 Å². The molecule has 0 radical (unpaired) electrons. The molecule has 1 aromatic carbocycles. The summed E-state index contributed by atoms with van der Waals surface area (Å²) in [6, 6.07) is 10.3. The standard InChI is InChI=1S/C15H16N2O/c1-10(2)14-9-13(17-18-14)15-12-6-4-3-5-11(12)7-8-16-15/h3-8,10,14H,9H2,1-2H3/t14-/m1/s1. The zero-order valence-corrected chi connectivity index (χ0v) is 10.6. The van der Waals surface area contributed by atoms with E-state index in [0.717, 1.165) is 23.2 Å². The van der Waals surface area contributed by atoms with E-state index in [1.807, 2.05) is 24.4 Å². The number of nitrogens with zero attached hydrogens (tertiary/aromatic N) is 2. The molecule has 0 fully saturated rings. The lowest BCUT2D eigenvalue weighted by molar-refractivity contribution is 0.0521. The Kier molecular flexibility index (Phi) is 2.74. The first-order valence-electron chi connectivity index (χ1n) is 6.32. The summed E-state index contributed by atoms with van der Waals surface area (Å²) in [5.74, 6) is 0.473. The Morgan fingerprint density at radius 2 is 2.06 bits per heavy atom. The Labute approximate surface area is 106 Å². The highest BCUT2D eigenvalue weighted by atomic mass is 16.6. The molecule has 0 spiro atoms. The molecule has 0 saturated heterocycles. The molecular formula is C15H16N2O. The summed E-state index contributed by atoms with van der Waals surface area (Å²) >= 11 is 0. The second-order valence-electron chi connectivity index (χ2n) is 5.01. The van der Waals surface area contributed by atoms with Gasteiger partial charge >= 0.3 is 0 Å². The molecule has 1 aliphatic heterocycles. The normalized spacial score (nSPS) is 19.1. The number of aromatic nitrogens is 1. The first-order valence-corrected chi connectivity index (χ1v) is 6.32. The number of hydrogen-bond acceptors (Lipinski definition) is 3. The summed E-state index contributed by atoms with van der Waals surface area (Å²) in [5.41, 5.74) is 1.92. The fourth-order valence-corrected chi connectivity index (χ4v) is 2.24. The van der Waals surface area contributed by atoms with Gasteiger partial charge in [-0.25, -0.2) is 0 Å². The lowest BCUT2D eigenvalue weighted by atomic mass is 9.98. The molecule has 0 aliphatic carbocycles. The van der Waals surface area contributed by atoms with Gasteiger partial charge in [-0.15, -0.1) is 0 Å². The van der Waals surface area contributed by atoms with Gasteiger partial charge < -0.3 is 4.84 Å². The quantitative estimate of drug-likeness (QED) is 0.806. The predicted octanol–water partition coefficient (Wildman–Crippen LogP) is 3.38. The molecule has 92 valence electrons. The maximum Gasteiger partial charge on any atom is 0.135 e. The maximum absolute atomic E-state index is 5.48. The van der Waals surface area contributed by atoms with Crippen molar-refractivity contribution in [1.82, 2.24) is 4.98 Å². The van der Waals surface area contributed by atoms with Crippen LogP contribution in [0.5, 0.6) is 0 Å². The van der Waals surface area contributed by atoms with Crippen molar-refractivity contribution in [3.63, 3.8) is 0 Å². The zero-order chi connectivity index (χ0) is 12.5. The van der Waals surface area contributed by atoms with Crippen molar-refractivity contribution in [3.8, 4) is 0 Å². The number of rotatable bonds is 2. The molecule has 1 aromatic heterocycles. The molecule has 18 heavy (non-hydrogen) atoms. The highest BCUT2D eigenvalue weighted by molar-refractivity contribution is 6.09. The second kappa shape index (κ2) is 4.41. The van der Waals surface area contributed by atoms with Gasteiger partial charge in [-0.1, -0.05) is 43.3 Å². The van der Waals surface area contributed by atoms with Crippen LogP contribution in [-0.4, -0.2) is 16.8 Å².